The van der Waals surface area contributed by atoms with Crippen LogP contribution >= 0.6 is 0 Å². The Balaban J connectivity index is 1.89. The lowest BCUT2D eigenvalue weighted by Gasteiger charge is -2.25. The van der Waals surface area contributed by atoms with E-state index in [1.54, 1.807) is 0 Å². The largest absolute Gasteiger partial charge is 0.324 e. The van der Waals surface area contributed by atoms with Gasteiger partial charge in [-0.15, -0.1) is 0 Å². The molecule has 20 heavy (non-hydrogen) atoms. The highest BCUT2D eigenvalue weighted by molar-refractivity contribution is 5.95. The first-order valence-electron chi connectivity index (χ1n) is 7.59. The van der Waals surface area contributed by atoms with Crippen molar-refractivity contribution >= 4 is 11.7 Å². The van der Waals surface area contributed by atoms with E-state index in [9.17, 15) is 4.79 Å². The Morgan fingerprint density at radius 1 is 1.25 bits per heavy atom. The van der Waals surface area contributed by atoms with Crippen molar-refractivity contribution in [1.82, 2.24) is 10.2 Å². The van der Waals surface area contributed by atoms with Gasteiger partial charge in [0, 0.05) is 25.2 Å². The van der Waals surface area contributed by atoms with Gasteiger partial charge in [-0.3, -0.25) is 4.90 Å². The van der Waals surface area contributed by atoms with Gasteiger partial charge in [-0.1, -0.05) is 18.2 Å². The van der Waals surface area contributed by atoms with Crippen LogP contribution in [0.1, 0.15) is 38.3 Å². The molecule has 2 aliphatic rings. The number of urea groups is 1. The van der Waals surface area contributed by atoms with Crippen molar-refractivity contribution in [2.75, 3.05) is 24.5 Å². The summed E-state index contributed by atoms with van der Waals surface area (Å²) in [6, 6.07) is 9.14. The van der Waals surface area contributed by atoms with Crippen LogP contribution in [0, 0.1) is 0 Å². The number of carbonyl (C=O) groups excluding carboxylic acids is 1. The summed E-state index contributed by atoms with van der Waals surface area (Å²) in [4.78, 5) is 16.4. The van der Waals surface area contributed by atoms with Gasteiger partial charge in [0.2, 0.25) is 0 Å². The fourth-order valence-electron chi connectivity index (χ4n) is 3.23. The normalized spacial score (nSPS) is 23.1. The number of anilines is 1. The van der Waals surface area contributed by atoms with Crippen molar-refractivity contribution in [3.8, 4) is 0 Å². The summed E-state index contributed by atoms with van der Waals surface area (Å²) in [6.45, 7) is 6.84. The fraction of sp³-hybridized carbons (Fsp3) is 0.562. The van der Waals surface area contributed by atoms with Crippen LogP contribution in [0.3, 0.4) is 0 Å². The predicted octanol–water partition coefficient (Wildman–Crippen LogP) is 2.76. The van der Waals surface area contributed by atoms with E-state index >= 15 is 0 Å². The van der Waals surface area contributed by atoms with Crippen molar-refractivity contribution in [2.45, 2.75) is 38.8 Å². The summed E-state index contributed by atoms with van der Waals surface area (Å²) in [5.74, 6) is 0. The number of nitrogens with one attached hydrogen (secondary N) is 1. The molecule has 0 aromatic heterocycles. The van der Waals surface area contributed by atoms with Gasteiger partial charge in [0.15, 0.2) is 0 Å². The average molecular weight is 273 g/mol. The Morgan fingerprint density at radius 3 is 2.70 bits per heavy atom. The zero-order valence-corrected chi connectivity index (χ0v) is 12.3. The van der Waals surface area contributed by atoms with Crippen LogP contribution in [-0.2, 0) is 0 Å². The maximum absolute atomic E-state index is 12.5. The van der Waals surface area contributed by atoms with Crippen LogP contribution in [0.5, 0.6) is 0 Å². The summed E-state index contributed by atoms with van der Waals surface area (Å²) in [5.41, 5.74) is 2.35. The lowest BCUT2D eigenvalue weighted by molar-refractivity contribution is 0.209. The molecule has 1 aromatic rings. The van der Waals surface area contributed by atoms with Crippen LogP contribution in [0.4, 0.5) is 10.5 Å². The molecule has 2 fully saturated rings. The molecule has 2 aliphatic heterocycles. The summed E-state index contributed by atoms with van der Waals surface area (Å²) in [7, 11) is 0. The second-order valence-corrected chi connectivity index (χ2v) is 5.93. The number of nitrogens with zero attached hydrogens (tertiary/aromatic N) is 2. The van der Waals surface area contributed by atoms with Gasteiger partial charge in [-0.2, -0.15) is 0 Å². The van der Waals surface area contributed by atoms with E-state index in [-0.39, 0.29) is 12.1 Å². The van der Waals surface area contributed by atoms with Crippen LogP contribution in [0.25, 0.3) is 0 Å². The second-order valence-electron chi connectivity index (χ2n) is 5.93. The Labute approximate surface area is 120 Å². The first-order chi connectivity index (χ1) is 9.68. The molecular formula is C16H23N3O. The smallest absolute Gasteiger partial charge is 0.320 e. The Morgan fingerprint density at radius 2 is 2.05 bits per heavy atom. The van der Waals surface area contributed by atoms with E-state index in [2.05, 4.69) is 37.4 Å². The highest BCUT2D eigenvalue weighted by Gasteiger charge is 2.33. The molecule has 2 saturated heterocycles. The van der Waals surface area contributed by atoms with E-state index in [1.807, 2.05) is 15.9 Å². The van der Waals surface area contributed by atoms with Crippen LogP contribution in [-0.4, -0.2) is 36.6 Å². The van der Waals surface area contributed by atoms with Crippen molar-refractivity contribution < 1.29 is 4.79 Å². The van der Waals surface area contributed by atoms with E-state index < -0.39 is 0 Å². The number of para-hydroxylation sites is 1. The molecule has 4 heteroatoms. The zero-order valence-electron chi connectivity index (χ0n) is 12.3. The van der Waals surface area contributed by atoms with Crippen LogP contribution < -0.4 is 10.2 Å². The third-order valence-electron chi connectivity index (χ3n) is 4.33. The molecule has 2 amide bonds. The lowest BCUT2D eigenvalue weighted by Crippen LogP contribution is -2.36. The van der Waals surface area contributed by atoms with Crippen LogP contribution in [0.15, 0.2) is 24.3 Å². The first-order valence-corrected chi connectivity index (χ1v) is 7.59. The number of rotatable bonds is 3. The first kappa shape index (κ1) is 13.4. The number of hydrogen-bond acceptors (Lipinski definition) is 2. The van der Waals surface area contributed by atoms with Gasteiger partial charge >= 0.3 is 6.03 Å². The molecule has 1 atom stereocenters. The zero-order chi connectivity index (χ0) is 14.1. The molecule has 1 unspecified atom stereocenters. The Hall–Kier alpha value is -1.55. The number of carbonyl (C=O) groups is 1. The highest BCUT2D eigenvalue weighted by atomic mass is 16.2. The molecule has 0 aliphatic carbocycles. The van der Waals surface area contributed by atoms with Gasteiger partial charge < -0.3 is 10.2 Å². The standard InChI is InChI=1S/C16H23N3O/c1-12(2)18-10-11-19(16(18)20)15-8-4-3-6-13(15)14-7-5-9-17-14/h3-4,6,8,12,14,17H,5,7,9-11H2,1-2H3. The van der Waals surface area contributed by atoms with E-state index in [1.165, 1.54) is 12.0 Å². The maximum atomic E-state index is 12.5. The van der Waals surface area contributed by atoms with Gasteiger partial charge in [-0.05, 0) is 44.9 Å². The summed E-state index contributed by atoms with van der Waals surface area (Å²) in [5, 5.41) is 3.53. The second kappa shape index (κ2) is 5.44. The number of hydrogen-bond donors (Lipinski definition) is 1. The van der Waals surface area contributed by atoms with Crippen molar-refractivity contribution in [3.63, 3.8) is 0 Å². The van der Waals surface area contributed by atoms with Crippen molar-refractivity contribution in [2.24, 2.45) is 0 Å². The molecule has 4 nitrogen and oxygen atoms in total. The topological polar surface area (TPSA) is 35.6 Å². The third-order valence-corrected chi connectivity index (χ3v) is 4.33. The van der Waals surface area contributed by atoms with Crippen molar-refractivity contribution in [1.29, 1.82) is 0 Å². The monoisotopic (exact) mass is 273 g/mol. The SMILES string of the molecule is CC(C)N1CCN(c2ccccc2C2CCCN2)C1=O. The highest BCUT2D eigenvalue weighted by Crippen LogP contribution is 2.33. The molecule has 2 heterocycles. The molecule has 1 aromatic carbocycles. The molecule has 0 radical (unpaired) electrons. The Kier molecular flexibility index (Phi) is 3.66. The van der Waals surface area contributed by atoms with E-state index in [0.29, 0.717) is 6.04 Å². The number of amides is 2. The summed E-state index contributed by atoms with van der Waals surface area (Å²) < 4.78 is 0. The Bertz CT molecular complexity index is 494. The maximum Gasteiger partial charge on any atom is 0.324 e. The van der Waals surface area contributed by atoms with Gasteiger partial charge in [0.25, 0.3) is 0 Å². The molecule has 0 bridgehead atoms. The molecule has 3 rings (SSSR count). The number of benzene rings is 1. The lowest BCUT2D eigenvalue weighted by atomic mass is 10.0. The molecular weight excluding hydrogens is 250 g/mol. The van der Waals surface area contributed by atoms with Gasteiger partial charge in [0.05, 0.1) is 5.69 Å². The minimum absolute atomic E-state index is 0.144. The van der Waals surface area contributed by atoms with Gasteiger partial charge in [0.1, 0.15) is 0 Å². The van der Waals surface area contributed by atoms with Crippen LogP contribution in [0.2, 0.25) is 0 Å². The minimum Gasteiger partial charge on any atom is -0.320 e. The van der Waals surface area contributed by atoms with E-state index in [0.717, 1.165) is 31.7 Å². The molecule has 0 spiro atoms. The van der Waals surface area contributed by atoms with E-state index in [4.69, 9.17) is 0 Å². The molecule has 1 N–H and O–H groups in total. The quantitative estimate of drug-likeness (QED) is 0.919. The summed E-state index contributed by atoms with van der Waals surface area (Å²) in [6.07, 6.45) is 2.37. The summed E-state index contributed by atoms with van der Waals surface area (Å²) >= 11 is 0. The molecule has 0 saturated carbocycles. The molecule has 108 valence electrons. The van der Waals surface area contributed by atoms with Gasteiger partial charge in [-0.25, -0.2) is 4.79 Å². The third kappa shape index (κ3) is 2.29. The average Bonchev–Trinajstić information content (AvgIpc) is 3.08. The fourth-order valence-corrected chi connectivity index (χ4v) is 3.23. The predicted molar refractivity (Wildman–Crippen MR) is 81.0 cm³/mol. The van der Waals surface area contributed by atoms with Crippen molar-refractivity contribution in [3.05, 3.63) is 29.8 Å². The minimum atomic E-state index is 0.144.